The summed E-state index contributed by atoms with van der Waals surface area (Å²) in [6.07, 6.45) is -0.542. The summed E-state index contributed by atoms with van der Waals surface area (Å²) in [5.74, 6) is -0.939. The molecule has 0 unspecified atom stereocenters. The fourth-order valence-electron chi connectivity index (χ4n) is 2.97. The maximum Gasteiger partial charge on any atom is 0.416 e. The number of halogens is 3. The molecule has 1 aliphatic heterocycles. The zero-order chi connectivity index (χ0) is 16.9. The van der Waals surface area contributed by atoms with E-state index in [1.165, 1.54) is 12.1 Å². The summed E-state index contributed by atoms with van der Waals surface area (Å²) in [5.41, 5.74) is 0.121. The Labute approximate surface area is 134 Å². The van der Waals surface area contributed by atoms with Crippen LogP contribution in [0.15, 0.2) is 24.3 Å². The van der Waals surface area contributed by atoms with E-state index in [9.17, 15) is 18.0 Å². The maximum absolute atomic E-state index is 12.6. The number of alkyl halides is 3. The van der Waals surface area contributed by atoms with E-state index in [0.29, 0.717) is 24.8 Å². The average molecular weight is 329 g/mol. The van der Waals surface area contributed by atoms with Gasteiger partial charge in [-0.05, 0) is 63.4 Å². The summed E-state index contributed by atoms with van der Waals surface area (Å²) in [4.78, 5) is 13.1. The maximum atomic E-state index is 12.6. The Kier molecular flexibility index (Phi) is 6.04. The van der Waals surface area contributed by atoms with Crippen LogP contribution in [0.5, 0.6) is 0 Å². The molecular weight excluding hydrogens is 307 g/mol. The number of piperidine rings is 1. The van der Waals surface area contributed by atoms with Gasteiger partial charge in [0, 0.05) is 0 Å². The van der Waals surface area contributed by atoms with E-state index in [4.69, 9.17) is 5.11 Å². The number of likely N-dealkylation sites (tertiary alicyclic amines) is 1. The molecular formula is C17H22F3NO2. The summed E-state index contributed by atoms with van der Waals surface area (Å²) < 4.78 is 37.9. The molecule has 0 amide bonds. The van der Waals surface area contributed by atoms with Crippen LogP contribution in [0.2, 0.25) is 0 Å². The number of carboxylic acid groups (broad SMARTS) is 1. The van der Waals surface area contributed by atoms with Crippen LogP contribution in [0, 0.1) is 5.92 Å². The molecule has 0 aromatic heterocycles. The van der Waals surface area contributed by atoms with Crippen molar-refractivity contribution in [3.63, 3.8) is 0 Å². The van der Waals surface area contributed by atoms with Gasteiger partial charge in [-0.15, -0.1) is 0 Å². The smallest absolute Gasteiger partial charge is 0.416 e. The number of hydrogen-bond donors (Lipinski definition) is 1. The van der Waals surface area contributed by atoms with E-state index in [-0.39, 0.29) is 5.92 Å². The lowest BCUT2D eigenvalue weighted by molar-refractivity contribution is -0.143. The number of rotatable bonds is 6. The first-order valence-corrected chi connectivity index (χ1v) is 7.97. The Hall–Kier alpha value is -1.56. The van der Waals surface area contributed by atoms with Gasteiger partial charge in [0.1, 0.15) is 0 Å². The minimum absolute atomic E-state index is 0.226. The molecule has 1 saturated heterocycles. The predicted octanol–water partition coefficient (Wildman–Crippen LogP) is 3.82. The molecule has 1 heterocycles. The number of carbonyl (C=O) groups is 1. The van der Waals surface area contributed by atoms with Gasteiger partial charge in [0.2, 0.25) is 0 Å². The molecule has 0 saturated carbocycles. The van der Waals surface area contributed by atoms with Crippen molar-refractivity contribution in [2.45, 2.75) is 38.3 Å². The molecule has 0 bridgehead atoms. The number of benzene rings is 1. The van der Waals surface area contributed by atoms with E-state index in [1.807, 2.05) is 0 Å². The van der Waals surface area contributed by atoms with Crippen molar-refractivity contribution in [3.8, 4) is 0 Å². The second-order valence-corrected chi connectivity index (χ2v) is 6.11. The molecule has 0 atom stereocenters. The zero-order valence-corrected chi connectivity index (χ0v) is 13.0. The summed E-state index contributed by atoms with van der Waals surface area (Å²) in [5, 5.41) is 8.95. The fraction of sp³-hybridized carbons (Fsp3) is 0.588. The third-order valence-corrected chi connectivity index (χ3v) is 4.38. The molecule has 23 heavy (non-hydrogen) atoms. The van der Waals surface area contributed by atoms with E-state index >= 15 is 0 Å². The van der Waals surface area contributed by atoms with Crippen LogP contribution in [-0.4, -0.2) is 35.6 Å². The van der Waals surface area contributed by atoms with Gasteiger partial charge in [-0.1, -0.05) is 18.2 Å². The van der Waals surface area contributed by atoms with Gasteiger partial charge in [0.25, 0.3) is 0 Å². The molecule has 0 aliphatic carbocycles. The second kappa shape index (κ2) is 7.81. The lowest BCUT2D eigenvalue weighted by Crippen LogP contribution is -2.36. The van der Waals surface area contributed by atoms with Gasteiger partial charge in [-0.2, -0.15) is 13.2 Å². The highest BCUT2D eigenvalue weighted by Gasteiger charge is 2.30. The first-order valence-electron chi connectivity index (χ1n) is 7.97. The average Bonchev–Trinajstić information content (AvgIpc) is 2.51. The molecule has 6 heteroatoms. The lowest BCUT2D eigenvalue weighted by atomic mass is 9.97. The molecule has 2 rings (SSSR count). The van der Waals surface area contributed by atoms with Crippen molar-refractivity contribution >= 4 is 5.97 Å². The zero-order valence-electron chi connectivity index (χ0n) is 13.0. The van der Waals surface area contributed by atoms with Crippen molar-refractivity contribution in [2.24, 2.45) is 5.92 Å². The SMILES string of the molecule is O=C(O)C1CCN(CCCCc2cccc(C(F)(F)F)c2)CC1. The Bertz CT molecular complexity index is 523. The van der Waals surface area contributed by atoms with Crippen LogP contribution in [0.1, 0.15) is 36.8 Å². The molecule has 1 N–H and O–H groups in total. The Balaban J connectivity index is 1.69. The predicted molar refractivity (Wildman–Crippen MR) is 81.2 cm³/mol. The van der Waals surface area contributed by atoms with Gasteiger partial charge < -0.3 is 10.0 Å². The van der Waals surface area contributed by atoms with Crippen LogP contribution < -0.4 is 0 Å². The Morgan fingerprint density at radius 3 is 2.52 bits per heavy atom. The largest absolute Gasteiger partial charge is 0.481 e. The molecule has 1 aromatic carbocycles. The standard InChI is InChI=1S/C17H22F3NO2/c18-17(19,20)15-6-3-5-13(12-15)4-1-2-9-21-10-7-14(8-11-21)16(22)23/h3,5-6,12,14H,1-2,4,7-11H2,(H,22,23). The third-order valence-electron chi connectivity index (χ3n) is 4.38. The number of nitrogens with zero attached hydrogens (tertiary/aromatic N) is 1. The van der Waals surface area contributed by atoms with E-state index < -0.39 is 17.7 Å². The van der Waals surface area contributed by atoms with Gasteiger partial charge in [0.15, 0.2) is 0 Å². The topological polar surface area (TPSA) is 40.5 Å². The number of aryl methyl sites for hydroxylation is 1. The van der Waals surface area contributed by atoms with Gasteiger partial charge in [0.05, 0.1) is 11.5 Å². The minimum atomic E-state index is -4.29. The minimum Gasteiger partial charge on any atom is -0.481 e. The van der Waals surface area contributed by atoms with Crippen LogP contribution in [-0.2, 0) is 17.4 Å². The summed E-state index contributed by atoms with van der Waals surface area (Å²) in [7, 11) is 0. The molecule has 0 spiro atoms. The highest BCUT2D eigenvalue weighted by atomic mass is 19.4. The van der Waals surface area contributed by atoms with Crippen molar-refractivity contribution in [1.29, 1.82) is 0 Å². The highest BCUT2D eigenvalue weighted by Crippen LogP contribution is 2.29. The monoisotopic (exact) mass is 329 g/mol. The molecule has 3 nitrogen and oxygen atoms in total. The lowest BCUT2D eigenvalue weighted by Gasteiger charge is -2.29. The van der Waals surface area contributed by atoms with Gasteiger partial charge >= 0.3 is 12.1 Å². The van der Waals surface area contributed by atoms with E-state index in [0.717, 1.165) is 38.5 Å². The van der Waals surface area contributed by atoms with Gasteiger partial charge in [-0.25, -0.2) is 0 Å². The van der Waals surface area contributed by atoms with Crippen molar-refractivity contribution < 1.29 is 23.1 Å². The third kappa shape index (κ3) is 5.53. The summed E-state index contributed by atoms with van der Waals surface area (Å²) in [6.45, 7) is 2.46. The number of aliphatic carboxylic acids is 1. The Morgan fingerprint density at radius 1 is 1.22 bits per heavy atom. The quantitative estimate of drug-likeness (QED) is 0.807. The van der Waals surface area contributed by atoms with Crippen LogP contribution in [0.3, 0.4) is 0 Å². The molecule has 128 valence electrons. The fourth-order valence-corrected chi connectivity index (χ4v) is 2.97. The first kappa shape index (κ1) is 17.8. The van der Waals surface area contributed by atoms with E-state index in [2.05, 4.69) is 4.90 Å². The molecule has 1 aromatic rings. The van der Waals surface area contributed by atoms with Crippen LogP contribution in [0.4, 0.5) is 13.2 Å². The van der Waals surface area contributed by atoms with Crippen molar-refractivity contribution in [2.75, 3.05) is 19.6 Å². The summed E-state index contributed by atoms with van der Waals surface area (Å²) >= 11 is 0. The Morgan fingerprint density at radius 2 is 1.91 bits per heavy atom. The van der Waals surface area contributed by atoms with Crippen molar-refractivity contribution in [3.05, 3.63) is 35.4 Å². The molecule has 1 fully saturated rings. The molecule has 0 radical (unpaired) electrons. The van der Waals surface area contributed by atoms with Crippen LogP contribution in [0.25, 0.3) is 0 Å². The first-order chi connectivity index (χ1) is 10.9. The normalized spacial score (nSPS) is 17.3. The molecule has 1 aliphatic rings. The van der Waals surface area contributed by atoms with Crippen molar-refractivity contribution in [1.82, 2.24) is 4.90 Å². The highest BCUT2D eigenvalue weighted by molar-refractivity contribution is 5.70. The number of carboxylic acids is 1. The van der Waals surface area contributed by atoms with E-state index in [1.54, 1.807) is 6.07 Å². The number of hydrogen-bond acceptors (Lipinski definition) is 2. The summed E-state index contributed by atoms with van der Waals surface area (Å²) in [6, 6.07) is 5.50. The second-order valence-electron chi connectivity index (χ2n) is 6.11. The number of unbranched alkanes of at least 4 members (excludes halogenated alkanes) is 1. The van der Waals surface area contributed by atoms with Crippen LogP contribution >= 0.6 is 0 Å². The van der Waals surface area contributed by atoms with Gasteiger partial charge in [-0.3, -0.25) is 4.79 Å².